The van der Waals surface area contributed by atoms with Crippen molar-refractivity contribution in [3.63, 3.8) is 0 Å². The van der Waals surface area contributed by atoms with Crippen molar-refractivity contribution in [2.75, 3.05) is 19.7 Å². The molecular weight excluding hydrogens is 362 g/mol. The molecule has 1 rings (SSSR count). The zero-order valence-corrected chi connectivity index (χ0v) is 14.7. The van der Waals surface area contributed by atoms with Crippen LogP contribution in [0.15, 0.2) is 4.52 Å². The molecule has 0 saturated carbocycles. The first-order chi connectivity index (χ1) is 12.9. The van der Waals surface area contributed by atoms with Crippen LogP contribution in [0.4, 0.5) is 4.79 Å². The van der Waals surface area contributed by atoms with Crippen LogP contribution in [0.3, 0.4) is 0 Å². The average Bonchev–Trinajstić information content (AvgIpc) is 3.11. The van der Waals surface area contributed by atoms with Crippen LogP contribution in [0, 0.1) is 0 Å². The van der Waals surface area contributed by atoms with E-state index in [9.17, 15) is 14.4 Å². The first kappa shape index (κ1) is 22.3. The fraction of sp³-hybridized carbons (Fsp3) is 0.643. The Morgan fingerprint density at radius 3 is 2.59 bits per heavy atom. The molecule has 0 aliphatic rings. The van der Waals surface area contributed by atoms with Gasteiger partial charge in [-0.15, -0.1) is 0 Å². The molecule has 0 aromatic carbocycles. The van der Waals surface area contributed by atoms with Gasteiger partial charge in [0.2, 0.25) is 11.8 Å². The largest absolute Gasteiger partial charge is 0.480 e. The minimum atomic E-state index is -1.31. The van der Waals surface area contributed by atoms with Crippen LogP contribution in [0.2, 0.25) is 0 Å². The third-order valence-corrected chi connectivity index (χ3v) is 3.40. The molecule has 3 amide bonds. The summed E-state index contributed by atoms with van der Waals surface area (Å²) in [5.41, 5.74) is 11.3. The summed E-state index contributed by atoms with van der Waals surface area (Å²) in [6.07, 6.45) is 2.31. The van der Waals surface area contributed by atoms with E-state index in [-0.39, 0.29) is 12.4 Å². The minimum absolute atomic E-state index is 0.116. The molecular formula is C14H25N7O6. The SMILES string of the molecule is NCCCCC(N)c1noc(CNC(=O)NC(CO)C(=O)NCC(=O)O)n1. The van der Waals surface area contributed by atoms with E-state index in [1.807, 2.05) is 5.32 Å². The maximum atomic E-state index is 11.8. The molecule has 2 atom stereocenters. The molecule has 1 heterocycles. The second-order valence-corrected chi connectivity index (χ2v) is 5.61. The number of aromatic nitrogens is 2. The number of aliphatic carboxylic acids is 1. The van der Waals surface area contributed by atoms with E-state index < -0.39 is 43.1 Å². The highest BCUT2D eigenvalue weighted by molar-refractivity contribution is 5.89. The normalized spacial score (nSPS) is 12.9. The number of nitrogens with two attached hydrogens (primary N) is 2. The maximum absolute atomic E-state index is 11.8. The highest BCUT2D eigenvalue weighted by atomic mass is 16.5. The van der Waals surface area contributed by atoms with Gasteiger partial charge in [-0.1, -0.05) is 11.6 Å². The van der Waals surface area contributed by atoms with Gasteiger partial charge in [-0.2, -0.15) is 4.98 Å². The average molecular weight is 387 g/mol. The Labute approximate surface area is 154 Å². The second kappa shape index (κ2) is 11.8. The summed E-state index contributed by atoms with van der Waals surface area (Å²) in [5.74, 6) is -1.66. The number of carboxylic acids is 1. The summed E-state index contributed by atoms with van der Waals surface area (Å²) in [4.78, 5) is 37.9. The summed E-state index contributed by atoms with van der Waals surface area (Å²) < 4.78 is 4.98. The summed E-state index contributed by atoms with van der Waals surface area (Å²) in [7, 11) is 0. The highest BCUT2D eigenvalue weighted by Crippen LogP contribution is 2.13. The van der Waals surface area contributed by atoms with Crippen LogP contribution in [0.5, 0.6) is 0 Å². The van der Waals surface area contributed by atoms with Crippen molar-refractivity contribution < 1.29 is 29.1 Å². The maximum Gasteiger partial charge on any atom is 0.322 e. The van der Waals surface area contributed by atoms with Gasteiger partial charge < -0.3 is 42.2 Å². The van der Waals surface area contributed by atoms with Gasteiger partial charge in [0.1, 0.15) is 12.6 Å². The number of urea groups is 1. The van der Waals surface area contributed by atoms with E-state index in [4.69, 9.17) is 26.2 Å². The molecule has 2 unspecified atom stereocenters. The highest BCUT2D eigenvalue weighted by Gasteiger charge is 2.21. The molecule has 1 aromatic rings. The van der Waals surface area contributed by atoms with Crippen molar-refractivity contribution in [2.24, 2.45) is 11.5 Å². The lowest BCUT2D eigenvalue weighted by molar-refractivity contribution is -0.138. The van der Waals surface area contributed by atoms with Gasteiger partial charge in [0, 0.05) is 0 Å². The first-order valence-electron chi connectivity index (χ1n) is 8.30. The van der Waals surface area contributed by atoms with Gasteiger partial charge >= 0.3 is 12.0 Å². The first-order valence-corrected chi connectivity index (χ1v) is 8.30. The number of amides is 3. The topological polar surface area (TPSA) is 219 Å². The molecule has 27 heavy (non-hydrogen) atoms. The standard InChI is InChI=1S/C14H25N7O6/c15-4-2-1-3-8(16)12-20-10(27-21-12)5-18-14(26)19-9(7-22)13(25)17-6-11(23)24/h8-9,22H,1-7,15-16H2,(H,17,25)(H,23,24)(H2,18,19,26). The molecule has 13 nitrogen and oxygen atoms in total. The van der Waals surface area contributed by atoms with Crippen LogP contribution in [0.1, 0.15) is 37.0 Å². The van der Waals surface area contributed by atoms with E-state index in [2.05, 4.69) is 20.8 Å². The lowest BCUT2D eigenvalue weighted by Crippen LogP contribution is -2.52. The predicted octanol–water partition coefficient (Wildman–Crippen LogP) is -2.44. The van der Waals surface area contributed by atoms with Crippen LogP contribution in [-0.2, 0) is 16.1 Å². The van der Waals surface area contributed by atoms with Crippen LogP contribution in [0.25, 0.3) is 0 Å². The number of carbonyl (C=O) groups excluding carboxylic acids is 2. The van der Waals surface area contributed by atoms with E-state index in [1.54, 1.807) is 0 Å². The Bertz CT molecular complexity index is 623. The summed E-state index contributed by atoms with van der Waals surface area (Å²) >= 11 is 0. The molecule has 0 radical (unpaired) electrons. The van der Waals surface area contributed by atoms with Crippen LogP contribution in [-0.4, -0.2) is 64.0 Å². The Kier molecular flexibility index (Phi) is 9.71. The lowest BCUT2D eigenvalue weighted by Gasteiger charge is -2.15. The smallest absolute Gasteiger partial charge is 0.322 e. The Balaban J connectivity index is 2.42. The van der Waals surface area contributed by atoms with Gasteiger partial charge in [-0.3, -0.25) is 9.59 Å². The van der Waals surface area contributed by atoms with Crippen LogP contribution >= 0.6 is 0 Å². The molecule has 0 aliphatic heterocycles. The number of nitrogens with one attached hydrogen (secondary N) is 3. The number of carbonyl (C=O) groups is 3. The zero-order valence-electron chi connectivity index (χ0n) is 14.7. The predicted molar refractivity (Wildman–Crippen MR) is 91.0 cm³/mol. The molecule has 9 N–H and O–H groups in total. The second-order valence-electron chi connectivity index (χ2n) is 5.61. The molecule has 152 valence electrons. The number of hydrogen-bond donors (Lipinski definition) is 7. The Morgan fingerprint density at radius 2 is 1.96 bits per heavy atom. The van der Waals surface area contributed by atoms with Gasteiger partial charge in [-0.25, -0.2) is 4.79 Å². The quantitative estimate of drug-likeness (QED) is 0.188. The van der Waals surface area contributed by atoms with Crippen molar-refractivity contribution in [3.05, 3.63) is 11.7 Å². The van der Waals surface area contributed by atoms with E-state index in [1.165, 1.54) is 0 Å². The van der Waals surface area contributed by atoms with Crippen molar-refractivity contribution >= 4 is 17.9 Å². The monoisotopic (exact) mass is 387 g/mol. The van der Waals surface area contributed by atoms with E-state index >= 15 is 0 Å². The minimum Gasteiger partial charge on any atom is -0.480 e. The Hall–Kier alpha value is -2.77. The number of unbranched alkanes of at least 4 members (excludes halogenated alkanes) is 1. The summed E-state index contributed by atoms with van der Waals surface area (Å²) in [6.45, 7) is -0.883. The van der Waals surface area contributed by atoms with Crippen LogP contribution < -0.4 is 27.4 Å². The van der Waals surface area contributed by atoms with E-state index in [0.717, 1.165) is 12.8 Å². The van der Waals surface area contributed by atoms with Crippen molar-refractivity contribution in [1.29, 1.82) is 0 Å². The molecule has 0 fully saturated rings. The zero-order chi connectivity index (χ0) is 20.2. The van der Waals surface area contributed by atoms with Gasteiger partial charge in [0.15, 0.2) is 5.82 Å². The summed E-state index contributed by atoms with van der Waals surface area (Å²) in [5, 5.41) is 28.0. The fourth-order valence-electron chi connectivity index (χ4n) is 1.97. The number of aliphatic hydroxyl groups is 1. The number of carboxylic acid groups (broad SMARTS) is 1. The number of nitrogens with zero attached hydrogens (tertiary/aromatic N) is 2. The van der Waals surface area contributed by atoms with Gasteiger partial charge in [0.05, 0.1) is 19.2 Å². The van der Waals surface area contributed by atoms with Crippen molar-refractivity contribution in [3.8, 4) is 0 Å². The van der Waals surface area contributed by atoms with Gasteiger partial charge in [-0.05, 0) is 19.4 Å². The van der Waals surface area contributed by atoms with Gasteiger partial charge in [0.25, 0.3) is 0 Å². The molecule has 1 aromatic heterocycles. The molecule has 0 spiro atoms. The lowest BCUT2D eigenvalue weighted by atomic mass is 10.1. The number of aliphatic hydroxyl groups excluding tert-OH is 1. The third-order valence-electron chi connectivity index (χ3n) is 3.40. The molecule has 13 heteroatoms. The molecule has 0 saturated heterocycles. The third kappa shape index (κ3) is 8.44. The van der Waals surface area contributed by atoms with Crippen molar-refractivity contribution in [1.82, 2.24) is 26.1 Å². The molecule has 0 bridgehead atoms. The fourth-order valence-corrected chi connectivity index (χ4v) is 1.97. The summed E-state index contributed by atoms with van der Waals surface area (Å²) in [6, 6.07) is -2.50. The molecule has 0 aliphatic carbocycles. The van der Waals surface area contributed by atoms with Crippen molar-refractivity contribution in [2.45, 2.75) is 37.9 Å². The Morgan fingerprint density at radius 1 is 1.22 bits per heavy atom. The number of hydrogen-bond acceptors (Lipinski definition) is 9. The number of rotatable bonds is 12. The van der Waals surface area contributed by atoms with E-state index in [0.29, 0.717) is 18.8 Å².